The summed E-state index contributed by atoms with van der Waals surface area (Å²) in [4.78, 5) is 11.8. The van der Waals surface area contributed by atoms with E-state index in [0.717, 1.165) is 0 Å². The molecule has 1 unspecified atom stereocenters. The molecule has 1 N–H and O–H groups in total. The van der Waals surface area contributed by atoms with Gasteiger partial charge < -0.3 is 10.1 Å². The molecule has 3 nitrogen and oxygen atoms in total. The summed E-state index contributed by atoms with van der Waals surface area (Å²) in [6.45, 7) is 1.26. The minimum absolute atomic E-state index is 0.133. The van der Waals surface area contributed by atoms with E-state index in [1.165, 1.54) is 19.1 Å². The highest BCUT2D eigenvalue weighted by Gasteiger charge is 2.61. The predicted molar refractivity (Wildman–Crippen MR) is 68.9 cm³/mol. The molecule has 1 atom stereocenters. The lowest BCUT2D eigenvalue weighted by Crippen LogP contribution is -2.58. The van der Waals surface area contributed by atoms with Crippen molar-refractivity contribution in [3.8, 4) is 12.3 Å². The van der Waals surface area contributed by atoms with E-state index in [1.54, 1.807) is 18.2 Å². The largest absolute Gasteiger partial charge is 0.464 e. The van der Waals surface area contributed by atoms with Crippen molar-refractivity contribution in [2.45, 2.75) is 25.1 Å². The van der Waals surface area contributed by atoms with Crippen LogP contribution in [0.2, 0.25) is 0 Å². The highest BCUT2D eigenvalue weighted by Crippen LogP contribution is 2.37. The second-order valence-corrected chi connectivity index (χ2v) is 4.00. The van der Waals surface area contributed by atoms with Gasteiger partial charge in [-0.2, -0.15) is 13.2 Å². The van der Waals surface area contributed by atoms with E-state index in [1.807, 2.05) is 5.92 Å². The molecule has 0 aliphatic heterocycles. The molecule has 0 bridgehead atoms. The van der Waals surface area contributed by atoms with Crippen LogP contribution in [0.4, 0.5) is 18.9 Å². The number of alkyl halides is 3. The molecule has 0 aliphatic rings. The molecule has 0 radical (unpaired) electrons. The van der Waals surface area contributed by atoms with Crippen LogP contribution in [0.1, 0.15) is 13.3 Å². The van der Waals surface area contributed by atoms with Gasteiger partial charge in [0.25, 0.3) is 0 Å². The van der Waals surface area contributed by atoms with Gasteiger partial charge in [0, 0.05) is 5.69 Å². The molecule has 0 amide bonds. The Morgan fingerprint density at radius 3 is 2.40 bits per heavy atom. The number of nitrogens with one attached hydrogen (secondary N) is 1. The third-order valence-corrected chi connectivity index (χ3v) is 2.61. The van der Waals surface area contributed by atoms with Crippen molar-refractivity contribution in [2.24, 2.45) is 0 Å². The molecule has 1 aromatic rings. The summed E-state index contributed by atoms with van der Waals surface area (Å²) in [6.07, 6.45) is -0.743. The van der Waals surface area contributed by atoms with Crippen molar-refractivity contribution >= 4 is 11.7 Å². The van der Waals surface area contributed by atoms with Crippen LogP contribution in [-0.2, 0) is 9.53 Å². The molecule has 0 saturated carbocycles. The SMILES string of the molecule is C#CCC(Nc1ccccc1)(C(=O)OCC)C(F)(F)F. The van der Waals surface area contributed by atoms with Crippen LogP contribution >= 0.6 is 0 Å². The molecule has 0 spiro atoms. The number of rotatable bonds is 5. The van der Waals surface area contributed by atoms with E-state index in [0.29, 0.717) is 0 Å². The average molecular weight is 285 g/mol. The molecule has 0 fully saturated rings. The Kier molecular flexibility index (Phi) is 5.03. The first-order chi connectivity index (χ1) is 9.37. The van der Waals surface area contributed by atoms with E-state index in [4.69, 9.17) is 6.42 Å². The monoisotopic (exact) mass is 285 g/mol. The second kappa shape index (κ2) is 6.33. The first kappa shape index (κ1) is 15.9. The number of esters is 1. The summed E-state index contributed by atoms with van der Waals surface area (Å²) in [5.74, 6) is 0.456. The molecule has 0 aliphatic carbocycles. The van der Waals surface area contributed by atoms with Crippen LogP contribution in [0.5, 0.6) is 0 Å². The van der Waals surface area contributed by atoms with Crippen molar-refractivity contribution in [3.63, 3.8) is 0 Å². The molecular formula is C14H14F3NO2. The van der Waals surface area contributed by atoms with Crippen LogP contribution in [0.15, 0.2) is 30.3 Å². The predicted octanol–water partition coefficient (Wildman–Crippen LogP) is 2.99. The fourth-order valence-electron chi connectivity index (χ4n) is 1.63. The normalized spacial score (nSPS) is 13.9. The van der Waals surface area contributed by atoms with Crippen molar-refractivity contribution in [1.29, 1.82) is 0 Å². The molecule has 1 aromatic carbocycles. The van der Waals surface area contributed by atoms with Gasteiger partial charge in [-0.15, -0.1) is 12.3 Å². The second-order valence-electron chi connectivity index (χ2n) is 4.00. The van der Waals surface area contributed by atoms with Gasteiger partial charge in [-0.3, -0.25) is 0 Å². The zero-order valence-electron chi connectivity index (χ0n) is 10.8. The third-order valence-electron chi connectivity index (χ3n) is 2.61. The lowest BCUT2D eigenvalue weighted by atomic mass is 9.94. The number of hydrogen-bond acceptors (Lipinski definition) is 3. The maximum absolute atomic E-state index is 13.4. The van der Waals surface area contributed by atoms with E-state index in [2.05, 4.69) is 10.1 Å². The first-order valence-electron chi connectivity index (χ1n) is 5.88. The Balaban J connectivity index is 3.24. The Morgan fingerprint density at radius 2 is 1.95 bits per heavy atom. The highest BCUT2D eigenvalue weighted by atomic mass is 19.4. The fourth-order valence-corrected chi connectivity index (χ4v) is 1.63. The maximum Gasteiger partial charge on any atom is 0.423 e. The number of carbonyl (C=O) groups is 1. The Labute approximate surface area is 115 Å². The number of halogens is 3. The number of hydrogen-bond donors (Lipinski definition) is 1. The van der Waals surface area contributed by atoms with Gasteiger partial charge in [0.2, 0.25) is 5.54 Å². The molecular weight excluding hydrogens is 271 g/mol. The number of carbonyl (C=O) groups excluding carboxylic acids is 1. The molecule has 108 valence electrons. The van der Waals surface area contributed by atoms with Gasteiger partial charge in [0.15, 0.2) is 0 Å². The van der Waals surface area contributed by atoms with E-state index in [9.17, 15) is 18.0 Å². The summed E-state index contributed by atoms with van der Waals surface area (Å²) in [7, 11) is 0. The molecule has 20 heavy (non-hydrogen) atoms. The zero-order valence-corrected chi connectivity index (χ0v) is 10.8. The summed E-state index contributed by atoms with van der Waals surface area (Å²) in [5, 5.41) is 2.18. The van der Waals surface area contributed by atoms with Gasteiger partial charge in [-0.1, -0.05) is 18.2 Å². The zero-order chi connectivity index (χ0) is 15.2. The van der Waals surface area contributed by atoms with Gasteiger partial charge in [0.05, 0.1) is 13.0 Å². The third kappa shape index (κ3) is 3.23. The number of benzene rings is 1. The molecule has 1 rings (SSSR count). The lowest BCUT2D eigenvalue weighted by molar-refractivity contribution is -0.199. The van der Waals surface area contributed by atoms with Crippen molar-refractivity contribution in [2.75, 3.05) is 11.9 Å². The van der Waals surface area contributed by atoms with E-state index < -0.39 is 24.1 Å². The van der Waals surface area contributed by atoms with Crippen molar-refractivity contribution in [1.82, 2.24) is 0 Å². The van der Waals surface area contributed by atoms with Crippen molar-refractivity contribution in [3.05, 3.63) is 30.3 Å². The summed E-state index contributed by atoms with van der Waals surface area (Å²) in [5.41, 5.74) is -2.81. The van der Waals surface area contributed by atoms with Crippen LogP contribution in [-0.4, -0.2) is 24.3 Å². The van der Waals surface area contributed by atoms with E-state index in [-0.39, 0.29) is 12.3 Å². The number of para-hydroxylation sites is 1. The van der Waals surface area contributed by atoms with Crippen LogP contribution in [0, 0.1) is 12.3 Å². The molecule has 0 saturated heterocycles. The molecule has 0 heterocycles. The van der Waals surface area contributed by atoms with Crippen LogP contribution in [0.3, 0.4) is 0 Å². The summed E-state index contributed by atoms with van der Waals surface area (Å²) >= 11 is 0. The van der Waals surface area contributed by atoms with Gasteiger partial charge in [0.1, 0.15) is 0 Å². The first-order valence-corrected chi connectivity index (χ1v) is 5.88. The van der Waals surface area contributed by atoms with Crippen LogP contribution < -0.4 is 5.32 Å². The van der Waals surface area contributed by atoms with E-state index >= 15 is 0 Å². The number of terminal acetylenes is 1. The number of anilines is 1. The minimum atomic E-state index is -4.89. The standard InChI is InChI=1S/C14H14F3NO2/c1-3-10-13(14(15,16)17,12(19)20-4-2)18-11-8-6-5-7-9-11/h1,5-9,18H,4,10H2,2H3. The smallest absolute Gasteiger partial charge is 0.423 e. The average Bonchev–Trinajstić information content (AvgIpc) is 2.38. The minimum Gasteiger partial charge on any atom is -0.464 e. The topological polar surface area (TPSA) is 38.3 Å². The highest BCUT2D eigenvalue weighted by molar-refractivity contribution is 5.86. The maximum atomic E-state index is 13.4. The van der Waals surface area contributed by atoms with Crippen LogP contribution in [0.25, 0.3) is 0 Å². The Bertz CT molecular complexity index is 493. The summed E-state index contributed by atoms with van der Waals surface area (Å²) in [6, 6.07) is 7.56. The van der Waals surface area contributed by atoms with Gasteiger partial charge >= 0.3 is 12.1 Å². The van der Waals surface area contributed by atoms with Gasteiger partial charge in [-0.25, -0.2) is 4.79 Å². The Morgan fingerprint density at radius 1 is 1.35 bits per heavy atom. The Hall–Kier alpha value is -2.16. The lowest BCUT2D eigenvalue weighted by Gasteiger charge is -2.33. The van der Waals surface area contributed by atoms with Crippen molar-refractivity contribution < 1.29 is 22.7 Å². The fraction of sp³-hybridized carbons (Fsp3) is 0.357. The number of ether oxygens (including phenoxy) is 1. The molecule has 0 aromatic heterocycles. The van der Waals surface area contributed by atoms with Gasteiger partial charge in [-0.05, 0) is 19.1 Å². The summed E-state index contributed by atoms with van der Waals surface area (Å²) < 4.78 is 44.6. The molecule has 6 heteroatoms. The quantitative estimate of drug-likeness (QED) is 0.667.